The number of non-ortho nitro benzene ring substituents is 1. The minimum Gasteiger partial charge on any atom is -0.457 e. The predicted octanol–water partition coefficient (Wildman–Crippen LogP) is 4.48. The van der Waals surface area contributed by atoms with Gasteiger partial charge in [0.05, 0.1) is 40.6 Å². The Bertz CT molecular complexity index is 1160. The van der Waals surface area contributed by atoms with E-state index in [1.54, 1.807) is 25.1 Å². The number of halogens is 1. The number of rotatable bonds is 8. The molecule has 0 aliphatic rings. The van der Waals surface area contributed by atoms with Crippen LogP contribution in [-0.4, -0.2) is 25.5 Å². The van der Waals surface area contributed by atoms with Crippen LogP contribution >= 0.6 is 11.6 Å². The molecule has 12 heteroatoms. The second-order valence-corrected chi connectivity index (χ2v) is 6.89. The molecular weight excluding hydrogens is 430 g/mol. The number of nitrogens with one attached hydrogen (secondary N) is 1. The number of nitro groups is 2. The number of benzene rings is 2. The van der Waals surface area contributed by atoms with Gasteiger partial charge >= 0.3 is 5.82 Å². The summed E-state index contributed by atoms with van der Waals surface area (Å²) in [6.07, 6.45) is 1.34. The van der Waals surface area contributed by atoms with Crippen molar-refractivity contribution < 1.29 is 19.4 Å². The van der Waals surface area contributed by atoms with E-state index in [0.717, 1.165) is 5.56 Å². The summed E-state index contributed by atoms with van der Waals surface area (Å²) in [5, 5.41) is 28.8. The van der Waals surface area contributed by atoms with Gasteiger partial charge in [0.15, 0.2) is 0 Å². The summed E-state index contributed by atoms with van der Waals surface area (Å²) < 4.78 is 6.96. The minimum absolute atomic E-state index is 0.0475. The number of carbonyl (C=O) groups is 1. The molecule has 11 nitrogen and oxygen atoms in total. The van der Waals surface area contributed by atoms with E-state index in [1.165, 1.54) is 35.1 Å². The summed E-state index contributed by atoms with van der Waals surface area (Å²) in [6.45, 7) is 1.89. The molecule has 0 saturated carbocycles. The zero-order chi connectivity index (χ0) is 22.5. The van der Waals surface area contributed by atoms with Crippen LogP contribution in [0.4, 0.5) is 17.2 Å². The average Bonchev–Trinajstić information content (AvgIpc) is 3.18. The molecule has 1 amide bonds. The average molecular weight is 446 g/mol. The van der Waals surface area contributed by atoms with Crippen LogP contribution in [0.15, 0.2) is 48.7 Å². The second-order valence-electron chi connectivity index (χ2n) is 6.48. The van der Waals surface area contributed by atoms with E-state index in [9.17, 15) is 25.0 Å². The van der Waals surface area contributed by atoms with Gasteiger partial charge in [-0.2, -0.15) is 4.68 Å². The molecule has 0 fully saturated rings. The van der Waals surface area contributed by atoms with Crippen molar-refractivity contribution >= 4 is 34.7 Å². The normalized spacial score (nSPS) is 10.5. The Balaban J connectivity index is 1.71. The first-order valence-electron chi connectivity index (χ1n) is 8.92. The Kier molecular flexibility index (Phi) is 6.46. The van der Waals surface area contributed by atoms with Crippen LogP contribution in [0.5, 0.6) is 11.5 Å². The zero-order valence-corrected chi connectivity index (χ0v) is 16.9. The van der Waals surface area contributed by atoms with Crippen molar-refractivity contribution in [2.24, 2.45) is 0 Å². The van der Waals surface area contributed by atoms with E-state index in [4.69, 9.17) is 16.3 Å². The molecule has 3 rings (SSSR count). The Morgan fingerprint density at radius 2 is 1.90 bits per heavy atom. The van der Waals surface area contributed by atoms with Gasteiger partial charge in [-0.25, -0.2) is 0 Å². The minimum atomic E-state index is -0.636. The number of aryl methyl sites for hydroxylation is 2. The molecule has 0 unspecified atom stereocenters. The van der Waals surface area contributed by atoms with Crippen LogP contribution in [0.1, 0.15) is 12.0 Å². The van der Waals surface area contributed by atoms with Gasteiger partial charge in [-0.1, -0.05) is 11.6 Å². The van der Waals surface area contributed by atoms with Gasteiger partial charge in [0.2, 0.25) is 5.91 Å². The first kappa shape index (κ1) is 21.7. The summed E-state index contributed by atoms with van der Waals surface area (Å²) in [6, 6.07) is 10.1. The lowest BCUT2D eigenvalue weighted by Crippen LogP contribution is -2.15. The van der Waals surface area contributed by atoms with Crippen molar-refractivity contribution in [2.75, 3.05) is 5.32 Å². The van der Waals surface area contributed by atoms with Crippen molar-refractivity contribution in [3.63, 3.8) is 0 Å². The summed E-state index contributed by atoms with van der Waals surface area (Å²) >= 11 is 5.99. The van der Waals surface area contributed by atoms with Gasteiger partial charge in [-0.05, 0) is 35.6 Å². The maximum absolute atomic E-state index is 12.2. The predicted molar refractivity (Wildman–Crippen MR) is 111 cm³/mol. The second kappa shape index (κ2) is 9.22. The molecule has 1 heterocycles. The molecule has 0 spiro atoms. The third kappa shape index (κ3) is 5.76. The highest BCUT2D eigenvalue weighted by molar-refractivity contribution is 6.31. The number of aromatic nitrogens is 2. The van der Waals surface area contributed by atoms with Crippen molar-refractivity contribution in [3.05, 3.63) is 79.5 Å². The smallest absolute Gasteiger partial charge is 0.389 e. The molecule has 0 saturated heterocycles. The SMILES string of the molecule is Cc1cc(Oc2cc(NC(=O)CCn3ccc([N+](=O)[O-])n3)cc([N+](=O)[O-])c2)ccc1Cl. The number of amides is 1. The van der Waals surface area contributed by atoms with Gasteiger partial charge in [0.1, 0.15) is 11.5 Å². The molecule has 1 aromatic heterocycles. The Morgan fingerprint density at radius 3 is 2.55 bits per heavy atom. The third-order valence-corrected chi connectivity index (χ3v) is 4.56. The molecule has 0 atom stereocenters. The number of carbonyl (C=O) groups excluding carboxylic acids is 1. The first-order valence-corrected chi connectivity index (χ1v) is 9.30. The highest BCUT2D eigenvalue weighted by Crippen LogP contribution is 2.31. The van der Waals surface area contributed by atoms with Crippen LogP contribution in [0, 0.1) is 27.2 Å². The highest BCUT2D eigenvalue weighted by Gasteiger charge is 2.15. The fourth-order valence-corrected chi connectivity index (χ4v) is 2.77. The first-order chi connectivity index (χ1) is 14.7. The van der Waals surface area contributed by atoms with E-state index in [2.05, 4.69) is 10.4 Å². The lowest BCUT2D eigenvalue weighted by atomic mass is 10.2. The molecule has 0 aliphatic heterocycles. The van der Waals surface area contributed by atoms with Crippen LogP contribution in [0.3, 0.4) is 0 Å². The van der Waals surface area contributed by atoms with Gasteiger partial charge in [-0.3, -0.25) is 14.9 Å². The van der Waals surface area contributed by atoms with E-state index in [0.29, 0.717) is 10.8 Å². The van der Waals surface area contributed by atoms with Crippen molar-refractivity contribution in [1.82, 2.24) is 9.78 Å². The van der Waals surface area contributed by atoms with Gasteiger partial charge in [0, 0.05) is 23.6 Å². The molecule has 2 aromatic carbocycles. The van der Waals surface area contributed by atoms with Gasteiger partial charge in [0.25, 0.3) is 5.69 Å². The lowest BCUT2D eigenvalue weighted by molar-refractivity contribution is -0.389. The lowest BCUT2D eigenvalue weighted by Gasteiger charge is -2.10. The quantitative estimate of drug-likeness (QED) is 0.397. The molecule has 0 radical (unpaired) electrons. The fourth-order valence-electron chi connectivity index (χ4n) is 2.65. The van der Waals surface area contributed by atoms with Crippen LogP contribution in [0.25, 0.3) is 0 Å². The maximum atomic E-state index is 12.2. The zero-order valence-electron chi connectivity index (χ0n) is 16.1. The number of anilines is 1. The Hall–Kier alpha value is -3.99. The molecule has 31 heavy (non-hydrogen) atoms. The largest absolute Gasteiger partial charge is 0.457 e. The molecule has 1 N–H and O–H groups in total. The van der Waals surface area contributed by atoms with E-state index >= 15 is 0 Å². The number of hydrogen-bond donors (Lipinski definition) is 1. The molecule has 0 aliphatic carbocycles. The van der Waals surface area contributed by atoms with Crippen molar-refractivity contribution in [1.29, 1.82) is 0 Å². The molecule has 3 aromatic rings. The van der Waals surface area contributed by atoms with E-state index in [-0.39, 0.29) is 35.9 Å². The van der Waals surface area contributed by atoms with E-state index in [1.807, 2.05) is 0 Å². The monoisotopic (exact) mass is 445 g/mol. The highest BCUT2D eigenvalue weighted by atomic mass is 35.5. The number of ether oxygens (including phenoxy) is 1. The van der Waals surface area contributed by atoms with Gasteiger partial charge in [-0.15, -0.1) is 0 Å². The maximum Gasteiger partial charge on any atom is 0.389 e. The Morgan fingerprint density at radius 1 is 1.13 bits per heavy atom. The van der Waals surface area contributed by atoms with Crippen molar-refractivity contribution in [3.8, 4) is 11.5 Å². The van der Waals surface area contributed by atoms with Crippen molar-refractivity contribution in [2.45, 2.75) is 19.9 Å². The van der Waals surface area contributed by atoms with Crippen LogP contribution < -0.4 is 10.1 Å². The molecular formula is C19H16ClN5O6. The standard InChI is InChI=1S/C19H16ClN5O6/c1-12-8-15(2-3-17(12)20)31-16-10-13(9-14(11-16)24(27)28)21-19(26)5-7-23-6-4-18(22-23)25(29)30/h2-4,6,8-11H,5,7H2,1H3,(H,21,26). The third-order valence-electron chi connectivity index (χ3n) is 4.13. The molecule has 160 valence electrons. The number of nitro benzene ring substituents is 1. The van der Waals surface area contributed by atoms with Crippen LogP contribution in [0.2, 0.25) is 5.02 Å². The fraction of sp³-hybridized carbons (Fsp3) is 0.158. The summed E-state index contributed by atoms with van der Waals surface area (Å²) in [7, 11) is 0. The number of nitrogens with zero attached hydrogens (tertiary/aromatic N) is 4. The summed E-state index contributed by atoms with van der Waals surface area (Å²) in [5.74, 6) is -0.181. The topological polar surface area (TPSA) is 142 Å². The summed E-state index contributed by atoms with van der Waals surface area (Å²) in [4.78, 5) is 32.9. The molecule has 0 bridgehead atoms. The number of hydrogen-bond acceptors (Lipinski definition) is 7. The van der Waals surface area contributed by atoms with Gasteiger partial charge < -0.3 is 20.2 Å². The summed E-state index contributed by atoms with van der Waals surface area (Å²) in [5.41, 5.74) is 0.685. The van der Waals surface area contributed by atoms with E-state index < -0.39 is 15.8 Å². The Labute approximate surface area is 180 Å². The van der Waals surface area contributed by atoms with Crippen LogP contribution in [-0.2, 0) is 11.3 Å².